The van der Waals surface area contributed by atoms with Crippen molar-refractivity contribution in [2.75, 3.05) is 36.8 Å². The van der Waals surface area contributed by atoms with Gasteiger partial charge in [-0.25, -0.2) is 4.98 Å². The molecule has 1 amide bonds. The van der Waals surface area contributed by atoms with Crippen LogP contribution in [0.15, 0.2) is 48.5 Å². The Morgan fingerprint density at radius 3 is 2.50 bits per heavy atom. The van der Waals surface area contributed by atoms with E-state index < -0.39 is 0 Å². The number of amides is 1. The predicted octanol–water partition coefficient (Wildman–Crippen LogP) is 2.83. The van der Waals surface area contributed by atoms with Crippen LogP contribution in [0.25, 0.3) is 10.8 Å². The normalized spacial score (nSPS) is 14.7. The van der Waals surface area contributed by atoms with Crippen LogP contribution in [0.4, 0.5) is 11.8 Å². The molecular formula is C19H18ClN5O. The SMILES string of the molecule is Nc1nc(Cl)cc(N2CCN(C(=O)c3cccc4ccccc34)CC2)n1. The molecule has 1 aromatic heterocycles. The number of rotatable bonds is 2. The Hall–Kier alpha value is -2.86. The molecule has 2 heterocycles. The number of carbonyl (C=O) groups excluding carboxylic acids is 1. The van der Waals surface area contributed by atoms with Crippen LogP contribution in [-0.2, 0) is 0 Å². The number of halogens is 1. The Morgan fingerprint density at radius 2 is 1.73 bits per heavy atom. The third-order valence-corrected chi connectivity index (χ3v) is 4.80. The summed E-state index contributed by atoms with van der Waals surface area (Å²) in [5.41, 5.74) is 6.41. The standard InChI is InChI=1S/C19H18ClN5O/c20-16-12-17(23-19(21)22-16)24-8-10-25(11-9-24)18(26)15-7-3-5-13-4-1-2-6-14(13)15/h1-7,12H,8-11H2,(H2,21,22,23). The van der Waals surface area contributed by atoms with E-state index in [1.54, 1.807) is 6.07 Å². The number of nitrogen functional groups attached to an aromatic ring is 1. The third-order valence-electron chi connectivity index (χ3n) is 4.61. The fraction of sp³-hybridized carbons (Fsp3) is 0.211. The Bertz CT molecular complexity index is 944. The molecule has 0 atom stereocenters. The van der Waals surface area contributed by atoms with Crippen LogP contribution in [0.2, 0.25) is 5.15 Å². The zero-order valence-electron chi connectivity index (χ0n) is 14.1. The maximum absolute atomic E-state index is 13.0. The van der Waals surface area contributed by atoms with Gasteiger partial charge in [0.25, 0.3) is 5.91 Å². The fourth-order valence-corrected chi connectivity index (χ4v) is 3.49. The average Bonchev–Trinajstić information content (AvgIpc) is 2.66. The molecule has 1 saturated heterocycles. The van der Waals surface area contributed by atoms with Crippen molar-refractivity contribution in [1.29, 1.82) is 0 Å². The zero-order valence-corrected chi connectivity index (χ0v) is 14.9. The van der Waals surface area contributed by atoms with Crippen molar-refractivity contribution in [2.24, 2.45) is 0 Å². The minimum Gasteiger partial charge on any atom is -0.368 e. The van der Waals surface area contributed by atoms with E-state index in [0.717, 1.165) is 16.3 Å². The third kappa shape index (κ3) is 3.15. The molecule has 3 aromatic rings. The van der Waals surface area contributed by atoms with E-state index in [1.807, 2.05) is 47.4 Å². The van der Waals surface area contributed by atoms with Crippen LogP contribution >= 0.6 is 11.6 Å². The van der Waals surface area contributed by atoms with Gasteiger partial charge >= 0.3 is 0 Å². The maximum Gasteiger partial charge on any atom is 0.254 e. The Morgan fingerprint density at radius 1 is 1.00 bits per heavy atom. The summed E-state index contributed by atoms with van der Waals surface area (Å²) in [4.78, 5) is 25.1. The van der Waals surface area contributed by atoms with Crippen molar-refractivity contribution in [2.45, 2.75) is 0 Å². The first-order valence-corrected chi connectivity index (χ1v) is 8.82. The number of hydrogen-bond donors (Lipinski definition) is 1. The molecule has 132 valence electrons. The van der Waals surface area contributed by atoms with Crippen LogP contribution in [-0.4, -0.2) is 47.0 Å². The monoisotopic (exact) mass is 367 g/mol. The lowest BCUT2D eigenvalue weighted by molar-refractivity contribution is 0.0748. The van der Waals surface area contributed by atoms with Gasteiger partial charge in [-0.2, -0.15) is 4.98 Å². The van der Waals surface area contributed by atoms with Gasteiger partial charge in [0.2, 0.25) is 5.95 Å². The average molecular weight is 368 g/mol. The molecule has 4 rings (SSSR count). The molecule has 2 N–H and O–H groups in total. The fourth-order valence-electron chi connectivity index (χ4n) is 3.31. The lowest BCUT2D eigenvalue weighted by Crippen LogP contribution is -2.49. The van der Waals surface area contributed by atoms with Gasteiger partial charge in [-0.3, -0.25) is 4.79 Å². The molecule has 2 aromatic carbocycles. The summed E-state index contributed by atoms with van der Waals surface area (Å²) in [5.74, 6) is 0.906. The first-order valence-electron chi connectivity index (χ1n) is 8.44. The van der Waals surface area contributed by atoms with Crippen LogP contribution in [0, 0.1) is 0 Å². The molecule has 1 fully saturated rings. The first-order chi connectivity index (χ1) is 12.6. The lowest BCUT2D eigenvalue weighted by Gasteiger charge is -2.35. The van der Waals surface area contributed by atoms with E-state index in [9.17, 15) is 4.79 Å². The molecule has 1 aliphatic rings. The Balaban J connectivity index is 1.51. The molecule has 1 aliphatic heterocycles. The highest BCUT2D eigenvalue weighted by Crippen LogP contribution is 2.22. The number of anilines is 2. The van der Waals surface area contributed by atoms with E-state index in [4.69, 9.17) is 17.3 Å². The molecule has 26 heavy (non-hydrogen) atoms. The van der Waals surface area contributed by atoms with Crippen molar-refractivity contribution in [3.05, 3.63) is 59.2 Å². The number of nitrogens with two attached hydrogens (primary N) is 1. The molecule has 0 radical (unpaired) electrons. The number of piperazine rings is 1. The van der Waals surface area contributed by atoms with Crippen LogP contribution in [0.3, 0.4) is 0 Å². The van der Waals surface area contributed by atoms with E-state index in [-0.39, 0.29) is 11.9 Å². The molecule has 0 aliphatic carbocycles. The molecule has 0 spiro atoms. The first kappa shape index (κ1) is 16.6. The van der Waals surface area contributed by atoms with Gasteiger partial charge in [0.1, 0.15) is 11.0 Å². The van der Waals surface area contributed by atoms with Crippen LogP contribution < -0.4 is 10.6 Å². The predicted molar refractivity (Wildman–Crippen MR) is 104 cm³/mol. The second-order valence-corrected chi connectivity index (χ2v) is 6.60. The highest BCUT2D eigenvalue weighted by atomic mass is 35.5. The highest BCUT2D eigenvalue weighted by Gasteiger charge is 2.24. The highest BCUT2D eigenvalue weighted by molar-refractivity contribution is 6.29. The molecule has 6 nitrogen and oxygen atoms in total. The van der Waals surface area contributed by atoms with E-state index in [0.29, 0.717) is 37.1 Å². The molecule has 0 bridgehead atoms. The number of aromatic nitrogens is 2. The summed E-state index contributed by atoms with van der Waals surface area (Å²) in [7, 11) is 0. The van der Waals surface area contributed by atoms with Gasteiger partial charge in [-0.1, -0.05) is 48.0 Å². The number of nitrogens with zero attached hydrogens (tertiary/aromatic N) is 4. The minimum absolute atomic E-state index is 0.0571. The lowest BCUT2D eigenvalue weighted by atomic mass is 10.0. The number of carbonyl (C=O) groups is 1. The molecule has 7 heteroatoms. The van der Waals surface area contributed by atoms with E-state index in [1.165, 1.54) is 0 Å². The van der Waals surface area contributed by atoms with Gasteiger partial charge in [0.05, 0.1) is 0 Å². The van der Waals surface area contributed by atoms with Gasteiger partial charge in [-0.05, 0) is 16.8 Å². The van der Waals surface area contributed by atoms with Crippen LogP contribution in [0.1, 0.15) is 10.4 Å². The van der Waals surface area contributed by atoms with Gasteiger partial charge < -0.3 is 15.5 Å². The smallest absolute Gasteiger partial charge is 0.254 e. The Labute approximate surface area is 156 Å². The van der Waals surface area contributed by atoms with Crippen LogP contribution in [0.5, 0.6) is 0 Å². The maximum atomic E-state index is 13.0. The van der Waals surface area contributed by atoms with Gasteiger partial charge in [0, 0.05) is 37.8 Å². The minimum atomic E-state index is 0.0571. The molecular weight excluding hydrogens is 350 g/mol. The Kier molecular flexibility index (Phi) is 4.34. The number of hydrogen-bond acceptors (Lipinski definition) is 5. The number of benzene rings is 2. The van der Waals surface area contributed by atoms with Crippen molar-refractivity contribution in [3.8, 4) is 0 Å². The van der Waals surface area contributed by atoms with Crippen molar-refractivity contribution >= 4 is 40.0 Å². The van der Waals surface area contributed by atoms with Gasteiger partial charge in [-0.15, -0.1) is 0 Å². The summed E-state index contributed by atoms with van der Waals surface area (Å²) >= 11 is 5.96. The summed E-state index contributed by atoms with van der Waals surface area (Å²) in [6, 6.07) is 15.5. The molecule has 0 saturated carbocycles. The van der Waals surface area contributed by atoms with Gasteiger partial charge in [0.15, 0.2) is 0 Å². The summed E-state index contributed by atoms with van der Waals surface area (Å²) in [6.07, 6.45) is 0. The van der Waals surface area contributed by atoms with Crippen molar-refractivity contribution in [1.82, 2.24) is 14.9 Å². The largest absolute Gasteiger partial charge is 0.368 e. The summed E-state index contributed by atoms with van der Waals surface area (Å²) in [5, 5.41) is 2.38. The second kappa shape index (κ2) is 6.80. The topological polar surface area (TPSA) is 75.3 Å². The summed E-state index contributed by atoms with van der Waals surface area (Å²) < 4.78 is 0. The molecule has 0 unspecified atom stereocenters. The zero-order chi connectivity index (χ0) is 18.1. The second-order valence-electron chi connectivity index (χ2n) is 6.21. The summed E-state index contributed by atoms with van der Waals surface area (Å²) in [6.45, 7) is 2.57. The number of fused-ring (bicyclic) bond motifs is 1. The van der Waals surface area contributed by atoms with E-state index in [2.05, 4.69) is 14.9 Å². The van der Waals surface area contributed by atoms with Crippen molar-refractivity contribution in [3.63, 3.8) is 0 Å². The van der Waals surface area contributed by atoms with Crippen molar-refractivity contribution < 1.29 is 4.79 Å². The quantitative estimate of drug-likeness (QED) is 0.705. The van der Waals surface area contributed by atoms with E-state index >= 15 is 0 Å².